The molecule has 0 unspecified atom stereocenters. The lowest BCUT2D eigenvalue weighted by Gasteiger charge is -2.45. The van der Waals surface area contributed by atoms with Crippen molar-refractivity contribution < 1.29 is 9.22 Å². The van der Waals surface area contributed by atoms with Gasteiger partial charge in [0, 0.05) is 12.5 Å². The van der Waals surface area contributed by atoms with Crippen molar-refractivity contribution in [3.05, 3.63) is 72.8 Å². The molecule has 0 aliphatic heterocycles. The van der Waals surface area contributed by atoms with E-state index in [4.69, 9.17) is 4.43 Å². The summed E-state index contributed by atoms with van der Waals surface area (Å²) < 4.78 is 7.50. The van der Waals surface area contributed by atoms with E-state index in [1.54, 1.807) is 0 Å². The van der Waals surface area contributed by atoms with Crippen LogP contribution in [0.5, 0.6) is 0 Å². The van der Waals surface area contributed by atoms with E-state index in [-0.39, 0.29) is 11.1 Å². The molecular weight excluding hydrogens is 468 g/mol. The Morgan fingerprint density at radius 2 is 1.27 bits per heavy atom. The summed E-state index contributed by atoms with van der Waals surface area (Å²) in [5.74, 6) is 0. The summed E-state index contributed by atoms with van der Waals surface area (Å²) in [6, 6.07) is 22.1. The van der Waals surface area contributed by atoms with Crippen molar-refractivity contribution in [1.82, 2.24) is 0 Å². The van der Waals surface area contributed by atoms with Crippen LogP contribution in [-0.4, -0.2) is 20.7 Å². The molecule has 2 rings (SSSR count). The number of hydrogen-bond acceptors (Lipinski definition) is 2. The highest BCUT2D eigenvalue weighted by molar-refractivity contribution is 6.99. The molecular formula is C34H52O2Si. The van der Waals surface area contributed by atoms with Gasteiger partial charge in [0.05, 0.1) is 0 Å². The molecule has 0 heterocycles. The molecule has 2 aromatic carbocycles. The Morgan fingerprint density at radius 1 is 0.730 bits per heavy atom. The van der Waals surface area contributed by atoms with Crippen molar-refractivity contribution in [1.29, 1.82) is 0 Å². The van der Waals surface area contributed by atoms with Crippen LogP contribution in [-0.2, 0) is 9.22 Å². The maximum atomic E-state index is 10.5. The molecule has 0 saturated carbocycles. The molecule has 3 heteroatoms. The van der Waals surface area contributed by atoms with Gasteiger partial charge in [-0.15, -0.1) is 0 Å². The van der Waals surface area contributed by atoms with Crippen LogP contribution in [0, 0.1) is 0 Å². The molecule has 0 aromatic heterocycles. The van der Waals surface area contributed by atoms with Gasteiger partial charge in [0.2, 0.25) is 0 Å². The normalized spacial score (nSPS) is 13.2. The zero-order valence-electron chi connectivity index (χ0n) is 24.1. The molecule has 0 N–H and O–H groups in total. The van der Waals surface area contributed by atoms with Gasteiger partial charge in [-0.2, -0.15) is 0 Å². The zero-order chi connectivity index (χ0) is 26.8. The monoisotopic (exact) mass is 520 g/mol. The van der Waals surface area contributed by atoms with Crippen LogP contribution in [0.1, 0.15) is 111 Å². The van der Waals surface area contributed by atoms with Crippen LogP contribution >= 0.6 is 0 Å². The molecule has 0 aliphatic carbocycles. The molecule has 0 amide bonds. The minimum Gasteiger partial charge on any atom is -0.404 e. The van der Waals surface area contributed by atoms with Crippen molar-refractivity contribution >= 4 is 25.0 Å². The summed E-state index contributed by atoms with van der Waals surface area (Å²) in [5, 5.41) is 2.74. The molecule has 1 atom stereocenters. The van der Waals surface area contributed by atoms with Gasteiger partial charge in [0.25, 0.3) is 8.32 Å². The Labute approximate surface area is 229 Å². The fourth-order valence-corrected chi connectivity index (χ4v) is 10.1. The van der Waals surface area contributed by atoms with Gasteiger partial charge >= 0.3 is 0 Å². The van der Waals surface area contributed by atoms with E-state index in [1.807, 2.05) is 0 Å². The number of rotatable bonds is 19. The summed E-state index contributed by atoms with van der Waals surface area (Å²) in [6.45, 7) is 9.40. The first kappa shape index (κ1) is 31.2. The number of carbonyl (C=O) groups is 1. The van der Waals surface area contributed by atoms with E-state index in [1.165, 1.54) is 61.7 Å². The number of benzene rings is 2. The maximum absolute atomic E-state index is 10.5. The third kappa shape index (κ3) is 10.4. The van der Waals surface area contributed by atoms with Crippen LogP contribution in [0.4, 0.5) is 0 Å². The number of allylic oxidation sites excluding steroid dienone is 1. The predicted octanol–water partition coefficient (Wildman–Crippen LogP) is 8.78. The quantitative estimate of drug-likeness (QED) is 0.0800. The average molecular weight is 521 g/mol. The lowest BCUT2D eigenvalue weighted by Crippen LogP contribution is -2.67. The van der Waals surface area contributed by atoms with Crippen LogP contribution in [0.25, 0.3) is 0 Å². The number of aldehydes is 1. The number of unbranched alkanes of at least 4 members (excludes halogenated alkanes) is 9. The van der Waals surface area contributed by atoms with Crippen LogP contribution in [0.3, 0.4) is 0 Å². The third-order valence-corrected chi connectivity index (χ3v) is 12.5. The molecule has 0 aliphatic rings. The highest BCUT2D eigenvalue weighted by Crippen LogP contribution is 2.38. The van der Waals surface area contributed by atoms with Crippen molar-refractivity contribution in [2.24, 2.45) is 0 Å². The second-order valence-corrected chi connectivity index (χ2v) is 15.7. The second kappa shape index (κ2) is 17.5. The summed E-state index contributed by atoms with van der Waals surface area (Å²) in [6.07, 6.45) is 21.0. The Kier molecular flexibility index (Phi) is 14.8. The Bertz CT molecular complexity index is 830. The first-order valence-electron chi connectivity index (χ1n) is 14.8. The zero-order valence-corrected chi connectivity index (χ0v) is 25.1. The van der Waals surface area contributed by atoms with Crippen LogP contribution < -0.4 is 10.4 Å². The van der Waals surface area contributed by atoms with Gasteiger partial charge in [-0.1, -0.05) is 145 Å². The van der Waals surface area contributed by atoms with Crippen molar-refractivity contribution in [2.75, 3.05) is 0 Å². The molecule has 0 fully saturated rings. The molecule has 0 spiro atoms. The third-order valence-electron chi connectivity index (χ3n) is 7.40. The largest absolute Gasteiger partial charge is 0.404 e. The topological polar surface area (TPSA) is 26.3 Å². The summed E-state index contributed by atoms with van der Waals surface area (Å²) in [7, 11) is -2.54. The van der Waals surface area contributed by atoms with Crippen molar-refractivity contribution in [2.45, 2.75) is 122 Å². The van der Waals surface area contributed by atoms with E-state index in [0.717, 1.165) is 32.0 Å². The maximum Gasteiger partial charge on any atom is 0.261 e. The van der Waals surface area contributed by atoms with E-state index in [0.29, 0.717) is 6.42 Å². The van der Waals surface area contributed by atoms with Crippen molar-refractivity contribution in [3.63, 3.8) is 0 Å². The number of hydrogen-bond donors (Lipinski definition) is 0. The van der Waals surface area contributed by atoms with Gasteiger partial charge < -0.3 is 9.22 Å². The fraction of sp³-hybridized carbons (Fsp3) is 0.559. The average Bonchev–Trinajstić information content (AvgIpc) is 2.90. The molecule has 0 saturated heterocycles. The Morgan fingerprint density at radius 3 is 1.81 bits per heavy atom. The van der Waals surface area contributed by atoms with E-state index >= 15 is 0 Å². The molecule has 0 radical (unpaired) electrons. The summed E-state index contributed by atoms with van der Waals surface area (Å²) >= 11 is 0. The Balaban J connectivity index is 2.19. The minimum atomic E-state index is -2.54. The minimum absolute atomic E-state index is 0.00490. The smallest absolute Gasteiger partial charge is 0.261 e. The lowest BCUT2D eigenvalue weighted by atomic mass is 10.1. The van der Waals surface area contributed by atoms with E-state index in [2.05, 4.69) is 101 Å². The fourth-order valence-electron chi connectivity index (χ4n) is 5.35. The molecule has 0 bridgehead atoms. The highest BCUT2D eigenvalue weighted by atomic mass is 28.4. The van der Waals surface area contributed by atoms with E-state index in [9.17, 15) is 4.79 Å². The Hall–Kier alpha value is -1.97. The van der Waals surface area contributed by atoms with Crippen LogP contribution in [0.2, 0.25) is 5.04 Å². The second-order valence-electron chi connectivity index (χ2n) is 11.5. The predicted molar refractivity (Wildman–Crippen MR) is 163 cm³/mol. The first-order chi connectivity index (χ1) is 18.0. The molecule has 204 valence electrons. The highest BCUT2D eigenvalue weighted by Gasteiger charge is 2.51. The van der Waals surface area contributed by atoms with Crippen LogP contribution in [0.15, 0.2) is 72.8 Å². The van der Waals surface area contributed by atoms with Crippen molar-refractivity contribution in [3.8, 4) is 0 Å². The summed E-state index contributed by atoms with van der Waals surface area (Å²) in [4.78, 5) is 10.5. The summed E-state index contributed by atoms with van der Waals surface area (Å²) in [5.41, 5.74) is 0. The van der Waals surface area contributed by atoms with Gasteiger partial charge in [-0.05, 0) is 47.5 Å². The van der Waals surface area contributed by atoms with Gasteiger partial charge in [-0.25, -0.2) is 0 Å². The number of carbonyl (C=O) groups excluding carboxylic acids is 1. The molecule has 37 heavy (non-hydrogen) atoms. The molecule has 2 aromatic rings. The van der Waals surface area contributed by atoms with E-state index < -0.39 is 8.32 Å². The van der Waals surface area contributed by atoms with Gasteiger partial charge in [0.1, 0.15) is 6.29 Å². The van der Waals surface area contributed by atoms with Gasteiger partial charge in [0.15, 0.2) is 0 Å². The first-order valence-corrected chi connectivity index (χ1v) is 16.7. The molecule has 2 nitrogen and oxygen atoms in total. The lowest BCUT2D eigenvalue weighted by molar-refractivity contribution is -0.107. The standard InChI is InChI=1S/C34H52O2Si/c1-5-6-7-17-24-31(25-18-13-11-9-8-10-12-14-23-30-35)36-37(34(2,3)4,32-26-19-15-20-27-32)33-28-21-16-22-29-33/h13,15-16,18-22,26-31H,5-12,14,17,23-25H2,1-4H3/t31-/m1/s1. The SMILES string of the molecule is CCCCCC[C@H](CC=CCCCCCCCC=O)O[Si](c1ccccc1)(c1ccccc1)C(C)(C)C. The van der Waals surface area contributed by atoms with Gasteiger partial charge in [-0.3, -0.25) is 0 Å².